The van der Waals surface area contributed by atoms with Crippen LogP contribution in [-0.4, -0.2) is 22.1 Å². The Kier molecular flexibility index (Phi) is 3.34. The van der Waals surface area contributed by atoms with Crippen molar-refractivity contribution in [2.24, 2.45) is 0 Å². The Morgan fingerprint density at radius 2 is 2.17 bits per heavy atom. The van der Waals surface area contributed by atoms with Crippen LogP contribution in [0.5, 0.6) is 0 Å². The summed E-state index contributed by atoms with van der Waals surface area (Å²) in [5, 5.41) is 8.34. The van der Waals surface area contributed by atoms with Crippen LogP contribution in [0.25, 0.3) is 5.69 Å². The van der Waals surface area contributed by atoms with Crippen molar-refractivity contribution in [2.75, 3.05) is 6.61 Å². The third-order valence-corrected chi connectivity index (χ3v) is 2.22. The van der Waals surface area contributed by atoms with Crippen molar-refractivity contribution >= 4 is 5.97 Å². The average Bonchev–Trinajstić information content (AvgIpc) is 2.86. The molecule has 2 aromatic rings. The fourth-order valence-corrected chi connectivity index (χ4v) is 1.43. The summed E-state index contributed by atoms with van der Waals surface area (Å²) in [6.45, 7) is -0.326. The molecule has 0 spiro atoms. The Hall–Kier alpha value is -2.68. The second-order valence-corrected chi connectivity index (χ2v) is 3.36. The molecule has 0 saturated heterocycles. The van der Waals surface area contributed by atoms with Gasteiger partial charge in [0.05, 0.1) is 12.5 Å². The third kappa shape index (κ3) is 2.35. The highest BCUT2D eigenvalue weighted by molar-refractivity contribution is 5.88. The van der Waals surface area contributed by atoms with Crippen LogP contribution in [-0.2, 0) is 4.74 Å². The highest BCUT2D eigenvalue weighted by Gasteiger charge is 2.14. The second kappa shape index (κ2) is 5.10. The lowest BCUT2D eigenvalue weighted by molar-refractivity contribution is 0.0545. The van der Waals surface area contributed by atoms with E-state index < -0.39 is 5.97 Å². The van der Waals surface area contributed by atoms with E-state index in [1.54, 1.807) is 6.07 Å². The largest absolute Gasteiger partial charge is 0.446 e. The standard InChI is InChI=1S/C12H8FN3O2/c13-9-1-3-10(4-2-9)16-8-15-7-11(16)12(17)18-6-5-14/h1-4,7-8H,6H2. The van der Waals surface area contributed by atoms with Crippen molar-refractivity contribution < 1.29 is 13.9 Å². The lowest BCUT2D eigenvalue weighted by atomic mass is 10.3. The van der Waals surface area contributed by atoms with E-state index in [9.17, 15) is 9.18 Å². The van der Waals surface area contributed by atoms with Crippen LogP contribution in [0.15, 0.2) is 36.8 Å². The molecule has 90 valence electrons. The molecule has 0 unspecified atom stereocenters. The highest BCUT2D eigenvalue weighted by Crippen LogP contribution is 2.12. The van der Waals surface area contributed by atoms with Gasteiger partial charge in [0.1, 0.15) is 11.9 Å². The highest BCUT2D eigenvalue weighted by atomic mass is 19.1. The molecule has 2 rings (SSSR count). The van der Waals surface area contributed by atoms with Gasteiger partial charge >= 0.3 is 5.97 Å². The SMILES string of the molecule is N#CCOC(=O)c1cncn1-c1ccc(F)cc1. The topological polar surface area (TPSA) is 67.9 Å². The zero-order valence-corrected chi connectivity index (χ0v) is 9.21. The Bertz CT molecular complexity index is 599. The average molecular weight is 245 g/mol. The predicted octanol–water partition coefficient (Wildman–Crippen LogP) is 1.69. The van der Waals surface area contributed by atoms with Crippen LogP contribution in [0.2, 0.25) is 0 Å². The second-order valence-electron chi connectivity index (χ2n) is 3.36. The molecular weight excluding hydrogens is 237 g/mol. The maximum Gasteiger partial charge on any atom is 0.358 e. The van der Waals surface area contributed by atoms with Gasteiger partial charge in [-0.3, -0.25) is 4.57 Å². The molecule has 0 radical (unpaired) electrons. The number of imidazole rings is 1. The fraction of sp³-hybridized carbons (Fsp3) is 0.0833. The van der Waals surface area contributed by atoms with Gasteiger partial charge in [0.15, 0.2) is 12.3 Å². The zero-order valence-electron chi connectivity index (χ0n) is 9.21. The summed E-state index contributed by atoms with van der Waals surface area (Å²) in [7, 11) is 0. The van der Waals surface area contributed by atoms with Crippen LogP contribution >= 0.6 is 0 Å². The van der Waals surface area contributed by atoms with Gasteiger partial charge in [-0.2, -0.15) is 5.26 Å². The first kappa shape index (κ1) is 11.8. The number of carbonyl (C=O) groups is 1. The van der Waals surface area contributed by atoms with Gasteiger partial charge in [-0.25, -0.2) is 14.2 Å². The lowest BCUT2D eigenvalue weighted by Crippen LogP contribution is -2.10. The van der Waals surface area contributed by atoms with E-state index in [1.165, 1.54) is 41.4 Å². The van der Waals surface area contributed by atoms with Crippen molar-refractivity contribution in [1.29, 1.82) is 5.26 Å². The number of carbonyl (C=O) groups excluding carboxylic acids is 1. The first-order chi connectivity index (χ1) is 8.72. The summed E-state index contributed by atoms with van der Waals surface area (Å²) in [5.41, 5.74) is 0.759. The van der Waals surface area contributed by atoms with E-state index in [0.717, 1.165) is 0 Å². The summed E-state index contributed by atoms with van der Waals surface area (Å²) in [5.74, 6) is -1.02. The van der Waals surface area contributed by atoms with Crippen molar-refractivity contribution in [2.45, 2.75) is 0 Å². The number of rotatable bonds is 3. The van der Waals surface area contributed by atoms with Crippen LogP contribution in [0.4, 0.5) is 4.39 Å². The van der Waals surface area contributed by atoms with Gasteiger partial charge in [0, 0.05) is 5.69 Å². The zero-order chi connectivity index (χ0) is 13.0. The van der Waals surface area contributed by atoms with Gasteiger partial charge in [-0.1, -0.05) is 0 Å². The van der Waals surface area contributed by atoms with E-state index in [0.29, 0.717) is 5.69 Å². The van der Waals surface area contributed by atoms with Crippen molar-refractivity contribution in [3.05, 3.63) is 48.3 Å². The fourth-order valence-electron chi connectivity index (χ4n) is 1.43. The third-order valence-electron chi connectivity index (χ3n) is 2.22. The van der Waals surface area contributed by atoms with E-state index in [1.807, 2.05) is 0 Å². The molecule has 1 aromatic carbocycles. The molecule has 0 saturated carbocycles. The molecule has 0 fully saturated rings. The molecule has 0 aliphatic rings. The number of benzene rings is 1. The van der Waals surface area contributed by atoms with Gasteiger partial charge < -0.3 is 4.74 Å². The summed E-state index contributed by atoms with van der Waals surface area (Å²) in [4.78, 5) is 15.5. The maximum atomic E-state index is 12.8. The summed E-state index contributed by atoms with van der Waals surface area (Å²) >= 11 is 0. The summed E-state index contributed by atoms with van der Waals surface area (Å²) < 4.78 is 18.9. The summed E-state index contributed by atoms with van der Waals surface area (Å²) in [6, 6.07) is 7.28. The van der Waals surface area contributed by atoms with E-state index in [2.05, 4.69) is 9.72 Å². The molecule has 0 N–H and O–H groups in total. The number of aromatic nitrogens is 2. The number of halogens is 1. The summed E-state index contributed by atoms with van der Waals surface area (Å²) in [6.07, 6.45) is 2.74. The van der Waals surface area contributed by atoms with Crippen molar-refractivity contribution in [3.63, 3.8) is 0 Å². The lowest BCUT2D eigenvalue weighted by Gasteiger charge is -2.06. The Labute approximate surface area is 102 Å². The van der Waals surface area contributed by atoms with E-state index >= 15 is 0 Å². The van der Waals surface area contributed by atoms with Crippen LogP contribution < -0.4 is 0 Å². The molecule has 0 aliphatic carbocycles. The van der Waals surface area contributed by atoms with E-state index in [-0.39, 0.29) is 18.1 Å². The minimum absolute atomic E-state index is 0.178. The molecule has 1 aromatic heterocycles. The molecule has 0 aliphatic heterocycles. The molecule has 6 heteroatoms. The van der Waals surface area contributed by atoms with Gasteiger partial charge in [-0.05, 0) is 24.3 Å². The van der Waals surface area contributed by atoms with Gasteiger partial charge in [0.25, 0.3) is 0 Å². The molecule has 18 heavy (non-hydrogen) atoms. The van der Waals surface area contributed by atoms with Crippen LogP contribution in [0.1, 0.15) is 10.5 Å². The molecular formula is C12H8FN3O2. The Morgan fingerprint density at radius 3 is 2.83 bits per heavy atom. The van der Waals surface area contributed by atoms with Crippen LogP contribution in [0, 0.1) is 17.1 Å². The van der Waals surface area contributed by atoms with Gasteiger partial charge in [0.2, 0.25) is 0 Å². The Balaban J connectivity index is 2.30. The Morgan fingerprint density at radius 1 is 1.44 bits per heavy atom. The molecule has 0 amide bonds. The molecule has 1 heterocycles. The number of hydrogen-bond acceptors (Lipinski definition) is 4. The minimum atomic E-state index is -0.654. The quantitative estimate of drug-likeness (QED) is 0.772. The number of hydrogen-bond donors (Lipinski definition) is 0. The number of esters is 1. The molecule has 0 bridgehead atoms. The minimum Gasteiger partial charge on any atom is -0.446 e. The number of nitrogens with zero attached hydrogens (tertiary/aromatic N) is 3. The smallest absolute Gasteiger partial charge is 0.358 e. The van der Waals surface area contributed by atoms with E-state index in [4.69, 9.17) is 5.26 Å². The first-order valence-corrected chi connectivity index (χ1v) is 5.04. The monoisotopic (exact) mass is 245 g/mol. The number of ether oxygens (including phenoxy) is 1. The van der Waals surface area contributed by atoms with Crippen molar-refractivity contribution in [3.8, 4) is 11.8 Å². The predicted molar refractivity (Wildman–Crippen MR) is 59.4 cm³/mol. The normalized spacial score (nSPS) is 9.78. The van der Waals surface area contributed by atoms with Crippen LogP contribution in [0.3, 0.4) is 0 Å². The maximum absolute atomic E-state index is 12.8. The van der Waals surface area contributed by atoms with Gasteiger partial charge in [-0.15, -0.1) is 0 Å². The molecule has 0 atom stereocenters. The molecule has 5 nitrogen and oxygen atoms in total. The van der Waals surface area contributed by atoms with Crippen molar-refractivity contribution in [1.82, 2.24) is 9.55 Å². The first-order valence-electron chi connectivity index (χ1n) is 5.04. The number of nitriles is 1.